The Hall–Kier alpha value is -1.54. The third-order valence-corrected chi connectivity index (χ3v) is 3.76. The lowest BCUT2D eigenvalue weighted by molar-refractivity contribution is -0.135. The quantitative estimate of drug-likeness (QED) is 0.280. The van der Waals surface area contributed by atoms with Crippen molar-refractivity contribution in [3.8, 4) is 0 Å². The summed E-state index contributed by atoms with van der Waals surface area (Å²) in [5, 5.41) is 0. The Morgan fingerprint density at radius 2 is 1.56 bits per heavy atom. The van der Waals surface area contributed by atoms with E-state index in [1.807, 2.05) is 0 Å². The number of anilines is 1. The molecule has 1 unspecified atom stereocenters. The maximum absolute atomic E-state index is 14.1. The first kappa shape index (κ1) is 21.5. The summed E-state index contributed by atoms with van der Waals surface area (Å²) < 4.78 is 104. The second kappa shape index (κ2) is 8.71. The molecule has 0 aromatic heterocycles. The zero-order valence-electron chi connectivity index (χ0n) is 13.5. The fraction of sp³-hybridized carbons (Fsp3) is 0.625. The molecule has 1 aromatic rings. The van der Waals surface area contributed by atoms with Crippen LogP contribution in [0.4, 0.5) is 40.8 Å². The minimum atomic E-state index is -4.27. The van der Waals surface area contributed by atoms with Gasteiger partial charge >= 0.3 is 12.2 Å². The van der Waals surface area contributed by atoms with Gasteiger partial charge in [0.05, 0.1) is 5.69 Å². The highest BCUT2D eigenvalue weighted by Crippen LogP contribution is 2.34. The molecule has 0 spiro atoms. The summed E-state index contributed by atoms with van der Waals surface area (Å²) in [5.74, 6) is -2.20. The SMILES string of the molecule is CN(c1ccc(F)cc1F)C(F)(F)C(F)CCCCCCC(F)(F)F. The summed E-state index contributed by atoms with van der Waals surface area (Å²) in [7, 11) is 0.784. The van der Waals surface area contributed by atoms with Gasteiger partial charge in [-0.2, -0.15) is 22.0 Å². The van der Waals surface area contributed by atoms with Crippen molar-refractivity contribution in [2.75, 3.05) is 11.9 Å². The predicted octanol–water partition coefficient (Wildman–Crippen LogP) is 6.23. The summed E-state index contributed by atoms with van der Waals surface area (Å²) in [4.78, 5) is 0.0933. The zero-order valence-corrected chi connectivity index (χ0v) is 13.5. The van der Waals surface area contributed by atoms with Crippen LogP contribution in [-0.2, 0) is 0 Å². The van der Waals surface area contributed by atoms with Crippen LogP contribution in [0.5, 0.6) is 0 Å². The molecule has 0 saturated carbocycles. The van der Waals surface area contributed by atoms with E-state index in [0.29, 0.717) is 6.07 Å². The Morgan fingerprint density at radius 1 is 0.960 bits per heavy atom. The van der Waals surface area contributed by atoms with Crippen LogP contribution in [-0.4, -0.2) is 25.4 Å². The normalized spacial score (nSPS) is 13.8. The van der Waals surface area contributed by atoms with E-state index < -0.39 is 48.6 Å². The molecule has 25 heavy (non-hydrogen) atoms. The molecule has 0 N–H and O–H groups in total. The Labute approximate surface area is 140 Å². The number of benzene rings is 1. The lowest BCUT2D eigenvalue weighted by atomic mass is 10.1. The van der Waals surface area contributed by atoms with Crippen LogP contribution in [0.25, 0.3) is 0 Å². The molecule has 1 nitrogen and oxygen atoms in total. The van der Waals surface area contributed by atoms with Gasteiger partial charge in [0, 0.05) is 19.5 Å². The third-order valence-electron chi connectivity index (χ3n) is 3.76. The van der Waals surface area contributed by atoms with E-state index in [0.717, 1.165) is 19.2 Å². The average molecular weight is 377 g/mol. The number of hydrogen-bond acceptors (Lipinski definition) is 1. The molecule has 0 bridgehead atoms. The van der Waals surface area contributed by atoms with E-state index >= 15 is 0 Å². The molecule has 1 rings (SSSR count). The van der Waals surface area contributed by atoms with Gasteiger partial charge in [-0.25, -0.2) is 13.2 Å². The molecule has 1 aromatic carbocycles. The third kappa shape index (κ3) is 6.70. The molecule has 0 heterocycles. The van der Waals surface area contributed by atoms with Gasteiger partial charge in [0.2, 0.25) is 0 Å². The Kier molecular flexibility index (Phi) is 7.49. The Bertz CT molecular complexity index is 543. The van der Waals surface area contributed by atoms with Gasteiger partial charge in [-0.3, -0.25) is 0 Å². The zero-order chi connectivity index (χ0) is 19.3. The smallest absolute Gasteiger partial charge is 0.311 e. The average Bonchev–Trinajstić information content (AvgIpc) is 2.48. The molecule has 144 valence electrons. The maximum atomic E-state index is 14.1. The maximum Gasteiger partial charge on any atom is 0.389 e. The molecular formula is C16H19F8N. The largest absolute Gasteiger partial charge is 0.389 e. The van der Waals surface area contributed by atoms with Gasteiger partial charge in [0.1, 0.15) is 11.6 Å². The van der Waals surface area contributed by atoms with Crippen LogP contribution in [0.1, 0.15) is 38.5 Å². The van der Waals surface area contributed by atoms with Crippen LogP contribution >= 0.6 is 0 Å². The van der Waals surface area contributed by atoms with E-state index in [4.69, 9.17) is 0 Å². The van der Waals surface area contributed by atoms with E-state index in [2.05, 4.69) is 0 Å². The minimum Gasteiger partial charge on any atom is -0.311 e. The fourth-order valence-electron chi connectivity index (χ4n) is 2.30. The van der Waals surface area contributed by atoms with Crippen molar-refractivity contribution in [1.29, 1.82) is 0 Å². The van der Waals surface area contributed by atoms with Gasteiger partial charge in [-0.1, -0.05) is 19.3 Å². The van der Waals surface area contributed by atoms with Crippen LogP contribution in [0.15, 0.2) is 18.2 Å². The van der Waals surface area contributed by atoms with E-state index in [-0.39, 0.29) is 30.6 Å². The van der Waals surface area contributed by atoms with Crippen molar-refractivity contribution in [3.63, 3.8) is 0 Å². The van der Waals surface area contributed by atoms with Gasteiger partial charge in [-0.05, 0) is 25.0 Å². The summed E-state index contributed by atoms with van der Waals surface area (Å²) in [5.41, 5.74) is -0.653. The predicted molar refractivity (Wildman–Crippen MR) is 78.4 cm³/mol. The summed E-state index contributed by atoms with van der Waals surface area (Å²) in [6, 6.07) is -2.07. The molecule has 9 heteroatoms. The van der Waals surface area contributed by atoms with Crippen molar-refractivity contribution in [1.82, 2.24) is 0 Å². The molecule has 0 aliphatic carbocycles. The van der Waals surface area contributed by atoms with Gasteiger partial charge in [0.15, 0.2) is 6.17 Å². The first-order chi connectivity index (χ1) is 11.4. The van der Waals surface area contributed by atoms with Crippen molar-refractivity contribution in [3.05, 3.63) is 29.8 Å². The van der Waals surface area contributed by atoms with E-state index in [1.165, 1.54) is 0 Å². The molecule has 0 radical (unpaired) electrons. The van der Waals surface area contributed by atoms with E-state index in [1.54, 1.807) is 0 Å². The second-order valence-electron chi connectivity index (χ2n) is 5.78. The lowest BCUT2D eigenvalue weighted by Crippen LogP contribution is -2.47. The van der Waals surface area contributed by atoms with Crippen molar-refractivity contribution >= 4 is 5.69 Å². The summed E-state index contributed by atoms with van der Waals surface area (Å²) in [6.07, 6.45) is -8.27. The molecule has 0 fully saturated rings. The molecule has 0 amide bonds. The number of hydrogen-bond donors (Lipinski definition) is 0. The van der Waals surface area contributed by atoms with E-state index in [9.17, 15) is 35.1 Å². The van der Waals surface area contributed by atoms with Crippen molar-refractivity contribution in [2.45, 2.75) is 56.9 Å². The Morgan fingerprint density at radius 3 is 2.12 bits per heavy atom. The fourth-order valence-corrected chi connectivity index (χ4v) is 2.30. The molecule has 0 aliphatic heterocycles. The number of halogens is 8. The molecular weight excluding hydrogens is 358 g/mol. The summed E-state index contributed by atoms with van der Waals surface area (Å²) in [6.45, 7) is 0. The monoisotopic (exact) mass is 377 g/mol. The van der Waals surface area contributed by atoms with Crippen LogP contribution in [0.3, 0.4) is 0 Å². The number of unbranched alkanes of at least 4 members (excludes halogenated alkanes) is 3. The number of alkyl halides is 6. The topological polar surface area (TPSA) is 3.24 Å². The Balaban J connectivity index is 2.51. The first-order valence-corrected chi connectivity index (χ1v) is 7.72. The van der Waals surface area contributed by atoms with Crippen molar-refractivity contribution in [2.24, 2.45) is 0 Å². The van der Waals surface area contributed by atoms with Crippen LogP contribution in [0.2, 0.25) is 0 Å². The van der Waals surface area contributed by atoms with Crippen LogP contribution in [0, 0.1) is 11.6 Å². The molecule has 0 saturated heterocycles. The molecule has 1 atom stereocenters. The van der Waals surface area contributed by atoms with Crippen molar-refractivity contribution < 1.29 is 35.1 Å². The van der Waals surface area contributed by atoms with Crippen LogP contribution < -0.4 is 4.90 Å². The van der Waals surface area contributed by atoms with Gasteiger partial charge in [0.25, 0.3) is 0 Å². The minimum absolute atomic E-state index is 0.0195. The number of rotatable bonds is 9. The standard InChI is InChI=1S/C16H19F8N/c1-25(13-8-7-11(17)10-12(13)18)16(23,24)14(19)6-4-2-3-5-9-15(20,21)22/h7-8,10,14H,2-6,9H2,1H3. The van der Waals surface area contributed by atoms with Gasteiger partial charge < -0.3 is 4.90 Å². The highest BCUT2D eigenvalue weighted by molar-refractivity contribution is 5.48. The highest BCUT2D eigenvalue weighted by atomic mass is 19.4. The summed E-state index contributed by atoms with van der Waals surface area (Å²) >= 11 is 0. The number of nitrogens with zero attached hydrogens (tertiary/aromatic N) is 1. The lowest BCUT2D eigenvalue weighted by Gasteiger charge is -2.32. The highest BCUT2D eigenvalue weighted by Gasteiger charge is 2.44. The first-order valence-electron chi connectivity index (χ1n) is 7.72. The van der Waals surface area contributed by atoms with Gasteiger partial charge in [-0.15, -0.1) is 0 Å². The molecule has 0 aliphatic rings. The second-order valence-corrected chi connectivity index (χ2v) is 5.78.